The Morgan fingerprint density at radius 2 is 1.81 bits per heavy atom. The van der Waals surface area contributed by atoms with Crippen LogP contribution >= 0.6 is 0 Å². The van der Waals surface area contributed by atoms with Crippen LogP contribution in [-0.2, 0) is 0 Å². The van der Waals surface area contributed by atoms with Gasteiger partial charge in [-0.2, -0.15) is 4.98 Å². The molecular formula is C20H20N4O3. The maximum Gasteiger partial charge on any atom is 0.373 e. The van der Waals surface area contributed by atoms with E-state index in [0.29, 0.717) is 12.3 Å². The van der Waals surface area contributed by atoms with Gasteiger partial charge in [0.1, 0.15) is 12.1 Å². The molecule has 2 aromatic carbocycles. The van der Waals surface area contributed by atoms with Gasteiger partial charge in [0, 0.05) is 12.2 Å². The Labute approximate surface area is 157 Å². The summed E-state index contributed by atoms with van der Waals surface area (Å²) < 4.78 is 5.76. The summed E-state index contributed by atoms with van der Waals surface area (Å²) in [5, 5.41) is 11.8. The van der Waals surface area contributed by atoms with Gasteiger partial charge in [0.2, 0.25) is 5.82 Å². The summed E-state index contributed by atoms with van der Waals surface area (Å²) in [7, 11) is 0. The first-order chi connectivity index (χ1) is 13.0. The van der Waals surface area contributed by atoms with Crippen LogP contribution in [0.3, 0.4) is 0 Å². The second-order valence-electron chi connectivity index (χ2n) is 6.04. The van der Waals surface area contributed by atoms with Crippen LogP contribution in [0, 0.1) is 24.0 Å². The molecule has 3 aromatic rings. The first kappa shape index (κ1) is 18.3. The number of nitro groups is 1. The fourth-order valence-electron chi connectivity index (χ4n) is 2.74. The molecule has 0 bridgehead atoms. The molecule has 0 aliphatic rings. The normalized spacial score (nSPS) is 10.5. The number of anilines is 2. The van der Waals surface area contributed by atoms with E-state index in [-0.39, 0.29) is 17.4 Å². The van der Waals surface area contributed by atoms with Crippen molar-refractivity contribution in [2.45, 2.75) is 20.8 Å². The molecule has 7 nitrogen and oxygen atoms in total. The third-order valence-electron chi connectivity index (χ3n) is 4.28. The number of aromatic nitrogens is 2. The van der Waals surface area contributed by atoms with Gasteiger partial charge in [-0.05, 0) is 56.2 Å². The van der Waals surface area contributed by atoms with Crippen LogP contribution < -0.4 is 9.64 Å². The molecule has 0 saturated heterocycles. The number of rotatable bonds is 6. The van der Waals surface area contributed by atoms with E-state index < -0.39 is 4.92 Å². The van der Waals surface area contributed by atoms with E-state index in [9.17, 15) is 10.1 Å². The molecule has 1 aromatic heterocycles. The molecular weight excluding hydrogens is 344 g/mol. The number of benzene rings is 2. The Hall–Kier alpha value is -3.48. The lowest BCUT2D eigenvalue weighted by Gasteiger charge is -2.22. The zero-order chi connectivity index (χ0) is 19.4. The van der Waals surface area contributed by atoms with Crippen LogP contribution in [-0.4, -0.2) is 21.4 Å². The van der Waals surface area contributed by atoms with Gasteiger partial charge in [-0.15, -0.1) is 0 Å². The lowest BCUT2D eigenvalue weighted by molar-refractivity contribution is -0.385. The quantitative estimate of drug-likeness (QED) is 0.454. The van der Waals surface area contributed by atoms with Crippen molar-refractivity contribution in [2.75, 3.05) is 11.4 Å². The molecule has 138 valence electrons. The third-order valence-corrected chi connectivity index (χ3v) is 4.28. The van der Waals surface area contributed by atoms with E-state index in [4.69, 9.17) is 4.74 Å². The van der Waals surface area contributed by atoms with Crippen LogP contribution in [0.5, 0.6) is 11.6 Å². The highest BCUT2D eigenvalue weighted by Gasteiger charge is 2.29. The molecule has 0 spiro atoms. The predicted molar refractivity (Wildman–Crippen MR) is 104 cm³/mol. The molecule has 27 heavy (non-hydrogen) atoms. The first-order valence-corrected chi connectivity index (χ1v) is 8.58. The summed E-state index contributed by atoms with van der Waals surface area (Å²) >= 11 is 0. The molecule has 0 aliphatic carbocycles. The van der Waals surface area contributed by atoms with Gasteiger partial charge in [0.15, 0.2) is 0 Å². The van der Waals surface area contributed by atoms with Gasteiger partial charge in [0.25, 0.3) is 0 Å². The summed E-state index contributed by atoms with van der Waals surface area (Å²) in [5.74, 6) is 0.610. The minimum Gasteiger partial charge on any atom is -0.434 e. The molecule has 7 heteroatoms. The maximum atomic E-state index is 11.8. The number of aryl methyl sites for hydroxylation is 2. The minimum absolute atomic E-state index is 0.0809. The van der Waals surface area contributed by atoms with E-state index in [0.717, 1.165) is 16.8 Å². The third kappa shape index (κ3) is 3.87. The number of hydrogen-bond acceptors (Lipinski definition) is 6. The Bertz CT molecular complexity index is 961. The summed E-state index contributed by atoms with van der Waals surface area (Å²) in [5.41, 5.74) is 2.69. The average molecular weight is 364 g/mol. The molecule has 0 N–H and O–H groups in total. The van der Waals surface area contributed by atoms with Gasteiger partial charge in [-0.1, -0.05) is 24.3 Å². The Morgan fingerprint density at radius 3 is 2.44 bits per heavy atom. The molecule has 0 fully saturated rings. The van der Waals surface area contributed by atoms with E-state index in [1.54, 1.807) is 11.0 Å². The van der Waals surface area contributed by atoms with Crippen molar-refractivity contribution in [2.24, 2.45) is 0 Å². The zero-order valence-corrected chi connectivity index (χ0v) is 15.4. The highest BCUT2D eigenvalue weighted by atomic mass is 16.6. The predicted octanol–water partition coefficient (Wildman–Crippen LogP) is 4.95. The lowest BCUT2D eigenvalue weighted by atomic mass is 10.1. The van der Waals surface area contributed by atoms with E-state index >= 15 is 0 Å². The fourth-order valence-corrected chi connectivity index (χ4v) is 2.74. The fraction of sp³-hybridized carbons (Fsp3) is 0.200. The van der Waals surface area contributed by atoms with Crippen molar-refractivity contribution in [1.82, 2.24) is 9.97 Å². The van der Waals surface area contributed by atoms with Crippen molar-refractivity contribution in [1.29, 1.82) is 0 Å². The van der Waals surface area contributed by atoms with Gasteiger partial charge in [-0.25, -0.2) is 4.98 Å². The van der Waals surface area contributed by atoms with Crippen molar-refractivity contribution in [3.63, 3.8) is 0 Å². The van der Waals surface area contributed by atoms with Gasteiger partial charge >= 0.3 is 11.6 Å². The van der Waals surface area contributed by atoms with Crippen LogP contribution in [0.2, 0.25) is 0 Å². The number of ether oxygens (including phenoxy) is 1. The summed E-state index contributed by atoms with van der Waals surface area (Å²) in [6, 6.07) is 14.9. The Balaban J connectivity index is 2.07. The molecule has 0 saturated carbocycles. The lowest BCUT2D eigenvalue weighted by Crippen LogP contribution is -2.19. The molecule has 0 atom stereocenters. The highest BCUT2D eigenvalue weighted by molar-refractivity contribution is 5.71. The van der Waals surface area contributed by atoms with Crippen molar-refractivity contribution in [3.8, 4) is 11.6 Å². The Morgan fingerprint density at radius 1 is 1.07 bits per heavy atom. The van der Waals surface area contributed by atoms with Crippen molar-refractivity contribution < 1.29 is 9.66 Å². The summed E-state index contributed by atoms with van der Waals surface area (Å²) in [6.07, 6.45) is 1.28. The van der Waals surface area contributed by atoms with Crippen LogP contribution in [0.15, 0.2) is 54.9 Å². The SMILES string of the molecule is CCN(c1ccccc1)c1ncnc(Oc2ccc(C)c(C)c2)c1[N+](=O)[O-]. The topological polar surface area (TPSA) is 81.4 Å². The van der Waals surface area contributed by atoms with Gasteiger partial charge in [-0.3, -0.25) is 10.1 Å². The highest BCUT2D eigenvalue weighted by Crippen LogP contribution is 2.38. The van der Waals surface area contributed by atoms with Crippen LogP contribution in [0.1, 0.15) is 18.1 Å². The van der Waals surface area contributed by atoms with E-state index in [2.05, 4.69) is 9.97 Å². The first-order valence-electron chi connectivity index (χ1n) is 8.58. The maximum absolute atomic E-state index is 11.8. The molecule has 1 heterocycles. The van der Waals surface area contributed by atoms with E-state index in [1.807, 2.05) is 63.2 Å². The molecule has 0 aliphatic heterocycles. The number of nitrogens with zero attached hydrogens (tertiary/aromatic N) is 4. The zero-order valence-electron chi connectivity index (χ0n) is 15.4. The molecule has 0 amide bonds. The van der Waals surface area contributed by atoms with Crippen LogP contribution in [0.25, 0.3) is 0 Å². The van der Waals surface area contributed by atoms with Gasteiger partial charge < -0.3 is 9.64 Å². The summed E-state index contributed by atoms with van der Waals surface area (Å²) in [6.45, 7) is 6.35. The average Bonchev–Trinajstić information content (AvgIpc) is 2.66. The molecule has 0 radical (unpaired) electrons. The monoisotopic (exact) mass is 364 g/mol. The van der Waals surface area contributed by atoms with Crippen molar-refractivity contribution in [3.05, 3.63) is 76.1 Å². The second kappa shape index (κ2) is 7.82. The standard InChI is InChI=1S/C20H20N4O3/c1-4-23(16-8-6-5-7-9-16)19-18(24(25)26)20(22-13-21-19)27-17-11-10-14(2)15(3)12-17/h5-13H,4H2,1-3H3. The molecule has 0 unspecified atom stereocenters. The van der Waals surface area contributed by atoms with E-state index in [1.165, 1.54) is 6.33 Å². The Kier molecular flexibility index (Phi) is 5.30. The number of para-hydroxylation sites is 1. The smallest absolute Gasteiger partial charge is 0.373 e. The second-order valence-corrected chi connectivity index (χ2v) is 6.04. The summed E-state index contributed by atoms with van der Waals surface area (Å²) in [4.78, 5) is 21.3. The minimum atomic E-state index is -0.503. The molecule has 3 rings (SSSR count). The van der Waals surface area contributed by atoms with Crippen LogP contribution in [0.4, 0.5) is 17.2 Å². The van der Waals surface area contributed by atoms with Crippen molar-refractivity contribution >= 4 is 17.2 Å². The van der Waals surface area contributed by atoms with Gasteiger partial charge in [0.05, 0.1) is 4.92 Å². The number of hydrogen-bond donors (Lipinski definition) is 0. The largest absolute Gasteiger partial charge is 0.434 e.